The van der Waals surface area contributed by atoms with Crippen LogP contribution in [-0.4, -0.2) is 5.78 Å². The average Bonchev–Trinajstić information content (AvgIpc) is 3.07. The Morgan fingerprint density at radius 1 is 0.714 bits per heavy atom. The zero-order valence-corrected chi connectivity index (χ0v) is 16.1. The van der Waals surface area contributed by atoms with Crippen LogP contribution in [0.1, 0.15) is 15.9 Å². The molecular formula is C17H12I2OS. The summed E-state index contributed by atoms with van der Waals surface area (Å²) in [5.41, 5.74) is 1.54. The summed E-state index contributed by atoms with van der Waals surface area (Å²) in [6.45, 7) is 0. The average molecular weight is 518 g/mol. The number of rotatable bonds is 2. The van der Waals surface area contributed by atoms with E-state index in [1.54, 1.807) is 11.3 Å². The van der Waals surface area contributed by atoms with Gasteiger partial charge in [-0.25, -0.2) is 0 Å². The summed E-state index contributed by atoms with van der Waals surface area (Å²) < 4.78 is 1.98. The first-order chi connectivity index (χ1) is 10.2. The van der Waals surface area contributed by atoms with Crippen LogP contribution in [0.4, 0.5) is 0 Å². The molecule has 0 spiro atoms. The van der Waals surface area contributed by atoms with E-state index in [4.69, 9.17) is 0 Å². The van der Waals surface area contributed by atoms with Gasteiger partial charge in [-0.15, -0.1) is 0 Å². The Bertz CT molecular complexity index is 644. The largest absolute Gasteiger partial charge is 0.289 e. The Labute approximate surface area is 155 Å². The lowest BCUT2D eigenvalue weighted by molar-refractivity contribution is 0.103. The third kappa shape index (κ3) is 4.89. The zero-order chi connectivity index (χ0) is 15.1. The normalized spacial score (nSPS) is 9.62. The molecule has 21 heavy (non-hydrogen) atoms. The minimum atomic E-state index is 0.0926. The van der Waals surface area contributed by atoms with E-state index in [1.165, 1.54) is 0 Å². The maximum atomic E-state index is 12.3. The summed E-state index contributed by atoms with van der Waals surface area (Å²) in [6, 6.07) is 19.3. The Morgan fingerprint density at radius 3 is 1.48 bits per heavy atom. The van der Waals surface area contributed by atoms with Gasteiger partial charge in [0, 0.05) is 18.3 Å². The fourth-order valence-corrected chi connectivity index (χ4v) is 3.38. The Kier molecular flexibility index (Phi) is 6.85. The fraction of sp³-hybridized carbons (Fsp3) is 0. The number of thiophene rings is 1. The van der Waals surface area contributed by atoms with Gasteiger partial charge in [0.25, 0.3) is 0 Å². The molecule has 0 amide bonds. The van der Waals surface area contributed by atoms with Crippen molar-refractivity contribution in [2.24, 2.45) is 0 Å². The second-order valence-corrected chi connectivity index (χ2v) is 7.22. The van der Waals surface area contributed by atoms with Crippen LogP contribution in [0.2, 0.25) is 0 Å². The SMILES string of the molecule is O=C(c1ccccc1I)c1ccccc1I.c1ccsc1. The van der Waals surface area contributed by atoms with Crippen molar-refractivity contribution in [2.45, 2.75) is 0 Å². The van der Waals surface area contributed by atoms with E-state index >= 15 is 0 Å². The lowest BCUT2D eigenvalue weighted by Crippen LogP contribution is -2.05. The summed E-state index contributed by atoms with van der Waals surface area (Å²) in [6.07, 6.45) is 0. The molecule has 0 bridgehead atoms. The summed E-state index contributed by atoms with van der Waals surface area (Å²) >= 11 is 6.09. The molecule has 0 saturated heterocycles. The Balaban J connectivity index is 0.000000272. The molecule has 1 nitrogen and oxygen atoms in total. The molecule has 4 heteroatoms. The van der Waals surface area contributed by atoms with Crippen LogP contribution in [0.3, 0.4) is 0 Å². The molecule has 3 aromatic rings. The van der Waals surface area contributed by atoms with Gasteiger partial charge in [-0.05, 0) is 80.2 Å². The Morgan fingerprint density at radius 2 is 1.14 bits per heavy atom. The fourth-order valence-electron chi connectivity index (χ4n) is 1.66. The minimum Gasteiger partial charge on any atom is -0.289 e. The predicted octanol–water partition coefficient (Wildman–Crippen LogP) is 5.87. The maximum Gasteiger partial charge on any atom is 0.195 e. The highest BCUT2D eigenvalue weighted by Gasteiger charge is 2.13. The third-order valence-corrected chi connectivity index (χ3v) is 5.17. The van der Waals surface area contributed by atoms with Crippen LogP contribution >= 0.6 is 56.5 Å². The van der Waals surface area contributed by atoms with Crippen LogP contribution in [0.15, 0.2) is 71.4 Å². The lowest BCUT2D eigenvalue weighted by Gasteiger charge is -2.05. The number of hydrogen-bond acceptors (Lipinski definition) is 2. The molecule has 0 unspecified atom stereocenters. The highest BCUT2D eigenvalue weighted by atomic mass is 127. The first kappa shape index (κ1) is 16.6. The minimum absolute atomic E-state index is 0.0926. The molecule has 0 aliphatic heterocycles. The zero-order valence-electron chi connectivity index (χ0n) is 11.0. The van der Waals surface area contributed by atoms with Crippen LogP contribution in [0.25, 0.3) is 0 Å². The predicted molar refractivity (Wildman–Crippen MR) is 106 cm³/mol. The van der Waals surface area contributed by atoms with Gasteiger partial charge in [-0.2, -0.15) is 11.3 Å². The standard InChI is InChI=1S/C13H8I2O.C4H4S/c14-11-7-3-1-5-9(11)13(16)10-6-2-4-8-12(10)15;1-2-4-5-3-1/h1-8H;1-4H. The van der Waals surface area contributed by atoms with Gasteiger partial charge < -0.3 is 0 Å². The van der Waals surface area contributed by atoms with Crippen LogP contribution in [-0.2, 0) is 0 Å². The summed E-state index contributed by atoms with van der Waals surface area (Å²) in [4.78, 5) is 12.3. The van der Waals surface area contributed by atoms with Gasteiger partial charge in [0.05, 0.1) is 0 Å². The molecule has 0 radical (unpaired) electrons. The van der Waals surface area contributed by atoms with Gasteiger partial charge in [0.15, 0.2) is 5.78 Å². The van der Waals surface area contributed by atoms with Crippen molar-refractivity contribution in [3.8, 4) is 0 Å². The van der Waals surface area contributed by atoms with Crippen molar-refractivity contribution in [1.82, 2.24) is 0 Å². The molecule has 0 aliphatic rings. The third-order valence-electron chi connectivity index (χ3n) is 2.66. The van der Waals surface area contributed by atoms with E-state index in [9.17, 15) is 4.79 Å². The van der Waals surface area contributed by atoms with E-state index in [2.05, 4.69) is 45.2 Å². The van der Waals surface area contributed by atoms with Gasteiger partial charge in [0.2, 0.25) is 0 Å². The summed E-state index contributed by atoms with van der Waals surface area (Å²) in [7, 11) is 0. The Hall–Kier alpha value is -0.730. The van der Waals surface area contributed by atoms with Crippen LogP contribution in [0.5, 0.6) is 0 Å². The topological polar surface area (TPSA) is 17.1 Å². The second kappa shape index (κ2) is 8.65. The van der Waals surface area contributed by atoms with Crippen molar-refractivity contribution in [1.29, 1.82) is 0 Å². The van der Waals surface area contributed by atoms with Gasteiger partial charge in [-0.1, -0.05) is 36.4 Å². The van der Waals surface area contributed by atoms with Crippen molar-refractivity contribution in [3.63, 3.8) is 0 Å². The van der Waals surface area contributed by atoms with Crippen LogP contribution < -0.4 is 0 Å². The van der Waals surface area contributed by atoms with Gasteiger partial charge in [-0.3, -0.25) is 4.79 Å². The first-order valence-electron chi connectivity index (χ1n) is 6.21. The maximum absolute atomic E-state index is 12.3. The number of carbonyl (C=O) groups is 1. The molecule has 1 heterocycles. The molecule has 106 valence electrons. The highest BCUT2D eigenvalue weighted by molar-refractivity contribution is 14.1. The molecular weight excluding hydrogens is 506 g/mol. The molecule has 0 saturated carbocycles. The van der Waals surface area contributed by atoms with Crippen molar-refractivity contribution in [3.05, 3.63) is 89.7 Å². The molecule has 0 atom stereocenters. The van der Waals surface area contributed by atoms with E-state index in [0.29, 0.717) is 0 Å². The lowest BCUT2D eigenvalue weighted by atomic mass is 10.0. The number of hydrogen-bond donors (Lipinski definition) is 0. The van der Waals surface area contributed by atoms with Gasteiger partial charge in [0.1, 0.15) is 0 Å². The first-order valence-corrected chi connectivity index (χ1v) is 9.31. The molecule has 0 fully saturated rings. The molecule has 0 N–H and O–H groups in total. The molecule has 3 rings (SSSR count). The van der Waals surface area contributed by atoms with Gasteiger partial charge >= 0.3 is 0 Å². The van der Waals surface area contributed by atoms with E-state index in [1.807, 2.05) is 71.4 Å². The number of halogens is 2. The van der Waals surface area contributed by atoms with Crippen LogP contribution in [0, 0.1) is 7.14 Å². The van der Waals surface area contributed by atoms with E-state index in [-0.39, 0.29) is 5.78 Å². The quantitative estimate of drug-likeness (QED) is 0.306. The number of ketones is 1. The number of benzene rings is 2. The molecule has 1 aromatic heterocycles. The van der Waals surface area contributed by atoms with E-state index in [0.717, 1.165) is 18.3 Å². The second-order valence-electron chi connectivity index (χ2n) is 4.08. The molecule has 2 aromatic carbocycles. The smallest absolute Gasteiger partial charge is 0.195 e. The monoisotopic (exact) mass is 518 g/mol. The van der Waals surface area contributed by atoms with Crippen molar-refractivity contribution >= 4 is 62.3 Å². The van der Waals surface area contributed by atoms with Crippen molar-refractivity contribution in [2.75, 3.05) is 0 Å². The molecule has 0 aliphatic carbocycles. The highest BCUT2D eigenvalue weighted by Crippen LogP contribution is 2.19. The summed E-state index contributed by atoms with van der Waals surface area (Å²) in [5, 5.41) is 4.08. The van der Waals surface area contributed by atoms with Crippen molar-refractivity contribution < 1.29 is 4.79 Å². The summed E-state index contributed by atoms with van der Waals surface area (Å²) in [5.74, 6) is 0.0926. The van der Waals surface area contributed by atoms with E-state index < -0.39 is 0 Å². The number of carbonyl (C=O) groups excluding carboxylic acids is 1.